The first-order valence-corrected chi connectivity index (χ1v) is 12.3. The van der Waals surface area contributed by atoms with E-state index >= 15 is 0 Å². The van der Waals surface area contributed by atoms with E-state index in [1.807, 2.05) is 74.5 Å². The van der Waals surface area contributed by atoms with E-state index in [-0.39, 0.29) is 9.77 Å². The first-order chi connectivity index (χ1) is 14.7. The zero-order valence-corrected chi connectivity index (χ0v) is 19.0. The summed E-state index contributed by atoms with van der Waals surface area (Å²) in [6.45, 7) is 4.18. The highest BCUT2D eigenvalue weighted by atomic mass is 32.2. The molecule has 7 heteroatoms. The van der Waals surface area contributed by atoms with E-state index in [1.165, 1.54) is 0 Å². The molecule has 0 fully saturated rings. The van der Waals surface area contributed by atoms with Crippen LogP contribution in [-0.2, 0) is 23.0 Å². The van der Waals surface area contributed by atoms with E-state index in [9.17, 15) is 13.2 Å². The molecule has 1 heterocycles. The van der Waals surface area contributed by atoms with Crippen LogP contribution < -0.4 is 9.60 Å². The van der Waals surface area contributed by atoms with Gasteiger partial charge in [0.1, 0.15) is 0 Å². The number of hydrogen-bond donors (Lipinski definition) is 1. The molecule has 0 bridgehead atoms. The summed E-state index contributed by atoms with van der Waals surface area (Å²) >= 11 is 1.06. The Labute approximate surface area is 186 Å². The number of hydrogen-bond acceptors (Lipinski definition) is 4. The minimum Gasteiger partial charge on any atom is -0.294 e. The Bertz CT molecular complexity index is 1360. The van der Waals surface area contributed by atoms with Crippen molar-refractivity contribution in [3.05, 3.63) is 99.7 Å². The van der Waals surface area contributed by atoms with E-state index in [1.54, 1.807) is 22.8 Å². The molecule has 0 unspecified atom stereocenters. The molecule has 5 nitrogen and oxygen atoms in total. The Hall–Kier alpha value is -2.74. The third-order valence-electron chi connectivity index (χ3n) is 5.03. The predicted molar refractivity (Wildman–Crippen MR) is 126 cm³/mol. The zero-order valence-electron chi connectivity index (χ0n) is 17.4. The normalized spacial score (nSPS) is 12.3. The Balaban J connectivity index is 1.61. The maximum Gasteiger partial charge on any atom is 0.308 e. The van der Waals surface area contributed by atoms with Crippen molar-refractivity contribution < 1.29 is 8.42 Å². The highest BCUT2D eigenvalue weighted by molar-refractivity contribution is 7.89. The lowest BCUT2D eigenvalue weighted by molar-refractivity contribution is 0.450. The van der Waals surface area contributed by atoms with E-state index in [0.29, 0.717) is 17.7 Å². The summed E-state index contributed by atoms with van der Waals surface area (Å²) in [5.41, 5.74) is 2.15. The highest BCUT2D eigenvalue weighted by Gasteiger charge is 2.27. The summed E-state index contributed by atoms with van der Waals surface area (Å²) in [7, 11) is -3.75. The van der Waals surface area contributed by atoms with Crippen LogP contribution in [0.3, 0.4) is 0 Å². The summed E-state index contributed by atoms with van der Waals surface area (Å²) in [5.74, 6) is 0. The van der Waals surface area contributed by atoms with Crippen molar-refractivity contribution in [1.82, 2.24) is 9.29 Å². The molecule has 0 atom stereocenters. The van der Waals surface area contributed by atoms with Crippen molar-refractivity contribution in [3.8, 4) is 0 Å². The average Bonchev–Trinajstić information content (AvgIpc) is 3.03. The van der Waals surface area contributed by atoms with Gasteiger partial charge in [0.05, 0.1) is 21.7 Å². The quantitative estimate of drug-likeness (QED) is 0.452. The Morgan fingerprint density at radius 2 is 1.52 bits per heavy atom. The molecular weight excluding hydrogens is 428 g/mol. The van der Waals surface area contributed by atoms with Gasteiger partial charge in [0, 0.05) is 5.54 Å². The van der Waals surface area contributed by atoms with Gasteiger partial charge in [0.15, 0.2) is 0 Å². The molecule has 0 aliphatic rings. The molecule has 160 valence electrons. The van der Waals surface area contributed by atoms with E-state index < -0.39 is 15.6 Å². The molecule has 4 aromatic rings. The van der Waals surface area contributed by atoms with Crippen LogP contribution in [0.4, 0.5) is 0 Å². The van der Waals surface area contributed by atoms with Gasteiger partial charge >= 0.3 is 4.87 Å². The smallest absolute Gasteiger partial charge is 0.294 e. The molecule has 1 N–H and O–H groups in total. The number of thiazole rings is 1. The molecule has 3 aromatic carbocycles. The summed E-state index contributed by atoms with van der Waals surface area (Å²) in [4.78, 5) is 12.6. The molecule has 1 aromatic heterocycles. The standard InChI is InChI=1S/C24H24N2O3S2/c1-24(2,16-18-9-5-3-6-10-18)25-31(28,29)20-13-14-21-22(15-20)30-23(27)26(21)17-19-11-7-4-8-12-19/h3-15,25H,16-17H2,1-2H3. The third-order valence-corrected chi connectivity index (χ3v) is 7.67. The lowest BCUT2D eigenvalue weighted by Crippen LogP contribution is -2.44. The van der Waals surface area contributed by atoms with Crippen molar-refractivity contribution in [2.75, 3.05) is 0 Å². The molecule has 31 heavy (non-hydrogen) atoms. The van der Waals surface area contributed by atoms with Crippen molar-refractivity contribution in [1.29, 1.82) is 0 Å². The Morgan fingerprint density at radius 1 is 0.903 bits per heavy atom. The molecular formula is C24H24N2O3S2. The average molecular weight is 453 g/mol. The fourth-order valence-electron chi connectivity index (χ4n) is 3.69. The van der Waals surface area contributed by atoms with Crippen LogP contribution >= 0.6 is 11.3 Å². The summed E-state index contributed by atoms with van der Waals surface area (Å²) in [5, 5.41) is 0. The van der Waals surface area contributed by atoms with Crippen LogP contribution in [0.5, 0.6) is 0 Å². The van der Waals surface area contributed by atoms with Crippen LogP contribution in [-0.4, -0.2) is 18.5 Å². The number of benzene rings is 3. The number of nitrogens with zero attached hydrogens (tertiary/aromatic N) is 1. The summed E-state index contributed by atoms with van der Waals surface area (Å²) < 4.78 is 31.3. The first kappa shape index (κ1) is 21.5. The van der Waals surface area contributed by atoms with Gasteiger partial charge in [-0.05, 0) is 49.6 Å². The van der Waals surface area contributed by atoms with Crippen LogP contribution in [0.15, 0.2) is 88.6 Å². The van der Waals surface area contributed by atoms with Crippen molar-refractivity contribution in [3.63, 3.8) is 0 Å². The minimum atomic E-state index is -3.75. The number of sulfonamides is 1. The van der Waals surface area contributed by atoms with Gasteiger partial charge in [-0.1, -0.05) is 72.0 Å². The van der Waals surface area contributed by atoms with Crippen LogP contribution in [0.2, 0.25) is 0 Å². The van der Waals surface area contributed by atoms with Crippen molar-refractivity contribution >= 4 is 31.6 Å². The number of nitrogens with one attached hydrogen (secondary N) is 1. The van der Waals surface area contributed by atoms with Crippen molar-refractivity contribution in [2.45, 2.75) is 37.2 Å². The lowest BCUT2D eigenvalue weighted by atomic mass is 9.96. The molecule has 0 radical (unpaired) electrons. The van der Waals surface area contributed by atoms with Crippen LogP contribution in [0.25, 0.3) is 10.2 Å². The second-order valence-corrected chi connectivity index (χ2v) is 10.9. The number of aromatic nitrogens is 1. The van der Waals surface area contributed by atoms with Crippen LogP contribution in [0.1, 0.15) is 25.0 Å². The summed E-state index contributed by atoms with van der Waals surface area (Å²) in [6.07, 6.45) is 0.566. The maximum atomic E-state index is 13.1. The molecule has 4 rings (SSSR count). The molecule has 0 saturated heterocycles. The third kappa shape index (κ3) is 4.95. The largest absolute Gasteiger partial charge is 0.308 e. The predicted octanol–water partition coefficient (Wildman–Crippen LogP) is 4.41. The lowest BCUT2D eigenvalue weighted by Gasteiger charge is -2.26. The zero-order chi connectivity index (χ0) is 22.1. The van der Waals surface area contributed by atoms with Gasteiger partial charge in [-0.2, -0.15) is 0 Å². The second-order valence-electron chi connectivity index (χ2n) is 8.22. The number of rotatable bonds is 7. The second kappa shape index (κ2) is 8.42. The van der Waals surface area contributed by atoms with Crippen molar-refractivity contribution in [2.24, 2.45) is 0 Å². The van der Waals surface area contributed by atoms with Gasteiger partial charge in [-0.3, -0.25) is 9.36 Å². The fourth-order valence-corrected chi connectivity index (χ4v) is 6.14. The fraction of sp³-hybridized carbons (Fsp3) is 0.208. The van der Waals surface area contributed by atoms with Gasteiger partial charge in [0.2, 0.25) is 10.0 Å². The summed E-state index contributed by atoms with van der Waals surface area (Å²) in [6, 6.07) is 24.4. The van der Waals surface area contributed by atoms with E-state index in [4.69, 9.17) is 0 Å². The highest BCUT2D eigenvalue weighted by Crippen LogP contribution is 2.24. The Morgan fingerprint density at radius 3 is 2.16 bits per heavy atom. The minimum absolute atomic E-state index is 0.106. The molecule has 0 spiro atoms. The maximum absolute atomic E-state index is 13.1. The van der Waals surface area contributed by atoms with Gasteiger partial charge in [-0.25, -0.2) is 13.1 Å². The topological polar surface area (TPSA) is 68.2 Å². The molecule has 0 aliphatic heterocycles. The first-order valence-electron chi connectivity index (χ1n) is 9.99. The SMILES string of the molecule is CC(C)(Cc1ccccc1)NS(=O)(=O)c1ccc2c(c1)sc(=O)n2Cc1ccccc1. The number of fused-ring (bicyclic) bond motifs is 1. The van der Waals surface area contributed by atoms with Crippen LogP contribution in [0, 0.1) is 0 Å². The molecule has 0 aliphatic carbocycles. The Kier molecular flexibility index (Phi) is 5.83. The monoisotopic (exact) mass is 452 g/mol. The molecule has 0 saturated carbocycles. The molecule has 0 amide bonds. The van der Waals surface area contributed by atoms with E-state index in [0.717, 1.165) is 28.0 Å². The van der Waals surface area contributed by atoms with Gasteiger partial charge in [-0.15, -0.1) is 0 Å². The van der Waals surface area contributed by atoms with E-state index in [2.05, 4.69) is 4.72 Å². The van der Waals surface area contributed by atoms with Gasteiger partial charge < -0.3 is 0 Å². The van der Waals surface area contributed by atoms with Gasteiger partial charge in [0.25, 0.3) is 0 Å².